The number of halogens is 5. The Morgan fingerprint density at radius 3 is 2.41 bits per heavy atom. The van der Waals surface area contributed by atoms with E-state index in [1.165, 1.54) is 35.5 Å². The van der Waals surface area contributed by atoms with Gasteiger partial charge in [-0.15, -0.1) is 0 Å². The van der Waals surface area contributed by atoms with Crippen molar-refractivity contribution in [2.45, 2.75) is 38.0 Å². The number of alkyl halides is 3. The molecule has 1 fully saturated rings. The molecule has 6 nitrogen and oxygen atoms in total. The van der Waals surface area contributed by atoms with Gasteiger partial charge in [-0.2, -0.15) is 18.3 Å². The summed E-state index contributed by atoms with van der Waals surface area (Å²) in [5, 5.41) is 15.7. The molecule has 1 aliphatic heterocycles. The summed E-state index contributed by atoms with van der Waals surface area (Å²) in [7, 11) is 0. The van der Waals surface area contributed by atoms with Crippen LogP contribution in [0.2, 0.25) is 0 Å². The molecule has 2 aromatic carbocycles. The van der Waals surface area contributed by atoms with Gasteiger partial charge in [-0.05, 0) is 42.2 Å². The fraction of sp³-hybridized carbons (Fsp3) is 0.357. The van der Waals surface area contributed by atoms with Gasteiger partial charge in [-0.3, -0.25) is 0 Å². The van der Waals surface area contributed by atoms with Crippen LogP contribution in [0.4, 0.5) is 22.0 Å². The molecule has 0 amide bonds. The van der Waals surface area contributed by atoms with Crippen molar-refractivity contribution < 1.29 is 36.5 Å². The maximum Gasteiger partial charge on any atom is 0.416 e. The molecule has 1 aliphatic rings. The molecule has 4 rings (SSSR count). The molecule has 2 atom stereocenters. The summed E-state index contributed by atoms with van der Waals surface area (Å²) in [6.45, 7) is 2.35. The molecule has 0 saturated carbocycles. The number of rotatable bonds is 9. The third kappa shape index (κ3) is 7.37. The Morgan fingerprint density at radius 2 is 1.79 bits per heavy atom. The average molecular weight is 550 g/mol. The Balaban J connectivity index is 1.33. The Morgan fingerprint density at radius 1 is 1.08 bits per heavy atom. The summed E-state index contributed by atoms with van der Waals surface area (Å²) in [5.74, 6) is -2.18. The van der Waals surface area contributed by atoms with Gasteiger partial charge >= 0.3 is 6.18 Å². The summed E-state index contributed by atoms with van der Waals surface area (Å²) in [5.41, 5.74) is -1.83. The van der Waals surface area contributed by atoms with Gasteiger partial charge < -0.3 is 14.6 Å². The lowest BCUT2D eigenvalue weighted by Crippen LogP contribution is -2.42. The number of aromatic nitrogens is 3. The van der Waals surface area contributed by atoms with Crippen LogP contribution in [0.3, 0.4) is 0 Å². The van der Waals surface area contributed by atoms with E-state index in [0.717, 1.165) is 24.3 Å². The number of hydrogen-bond donors (Lipinski definition) is 1. The topological polar surface area (TPSA) is 69.4 Å². The van der Waals surface area contributed by atoms with E-state index >= 15 is 0 Å². The van der Waals surface area contributed by atoms with Crippen LogP contribution >= 0.6 is 0 Å². The van der Waals surface area contributed by atoms with Crippen LogP contribution in [0.25, 0.3) is 6.08 Å². The highest BCUT2D eigenvalue weighted by atomic mass is 19.4. The van der Waals surface area contributed by atoms with Crippen molar-refractivity contribution in [2.75, 3.05) is 13.2 Å². The molecular weight excluding hydrogens is 521 g/mol. The second kappa shape index (κ2) is 12.2. The van der Waals surface area contributed by atoms with E-state index in [1.807, 2.05) is 0 Å². The first kappa shape index (κ1) is 28.6. The summed E-state index contributed by atoms with van der Waals surface area (Å²) in [6.07, 6.45) is 4.84. The lowest BCUT2D eigenvalue weighted by atomic mass is 9.77. The van der Waals surface area contributed by atoms with E-state index in [1.54, 1.807) is 31.2 Å². The van der Waals surface area contributed by atoms with E-state index in [4.69, 9.17) is 9.47 Å². The van der Waals surface area contributed by atoms with Gasteiger partial charge in [-0.25, -0.2) is 18.4 Å². The van der Waals surface area contributed by atoms with Crippen molar-refractivity contribution in [1.29, 1.82) is 0 Å². The zero-order valence-corrected chi connectivity index (χ0v) is 21.1. The Bertz CT molecular complexity index is 1270. The fourth-order valence-electron chi connectivity index (χ4n) is 4.51. The number of nitrogens with zero attached hydrogens (tertiary/aromatic N) is 3. The van der Waals surface area contributed by atoms with Gasteiger partial charge in [0.1, 0.15) is 29.9 Å². The second-order valence-electron chi connectivity index (χ2n) is 9.54. The van der Waals surface area contributed by atoms with Gasteiger partial charge in [0.05, 0.1) is 25.3 Å². The minimum Gasteiger partial charge on any atom is -0.383 e. The van der Waals surface area contributed by atoms with Crippen molar-refractivity contribution in [2.24, 2.45) is 11.8 Å². The van der Waals surface area contributed by atoms with Crippen molar-refractivity contribution >= 4 is 6.08 Å². The molecular formula is C28H28F5N3O3. The standard InChI is InChI=1S/C28H28F5N3O3/c1-19(27(37,16-36-18-34-17-35-36)24-11-10-23(29)13-25(24)30)12-21-14-38-26(39-15-21)5-3-2-4-20-6-8-22(9-7-20)28(31,32)33/h2-11,13,17-19,21,26,37H,12,14-16H2,1H3. The van der Waals surface area contributed by atoms with Gasteiger partial charge in [0.15, 0.2) is 6.29 Å². The summed E-state index contributed by atoms with van der Waals surface area (Å²) in [4.78, 5) is 3.87. The minimum atomic E-state index is -4.37. The molecule has 1 saturated heterocycles. The zero-order valence-electron chi connectivity index (χ0n) is 21.1. The quantitative estimate of drug-likeness (QED) is 0.272. The van der Waals surface area contributed by atoms with Crippen LogP contribution < -0.4 is 0 Å². The Hall–Kier alpha value is -3.41. The molecule has 11 heteroatoms. The normalized spacial score (nSPS) is 20.9. The van der Waals surface area contributed by atoms with Gasteiger partial charge in [-0.1, -0.05) is 43.4 Å². The average Bonchev–Trinajstić information content (AvgIpc) is 3.40. The van der Waals surface area contributed by atoms with Gasteiger partial charge in [0.2, 0.25) is 0 Å². The molecule has 2 heterocycles. The van der Waals surface area contributed by atoms with E-state index in [0.29, 0.717) is 25.2 Å². The summed E-state index contributed by atoms with van der Waals surface area (Å²) >= 11 is 0. The maximum atomic E-state index is 14.7. The monoisotopic (exact) mass is 549 g/mol. The van der Waals surface area contributed by atoms with Crippen LogP contribution in [-0.2, 0) is 27.8 Å². The maximum absolute atomic E-state index is 14.7. The smallest absolute Gasteiger partial charge is 0.383 e. The number of aliphatic hydroxyl groups is 1. The first-order valence-corrected chi connectivity index (χ1v) is 12.3. The highest BCUT2D eigenvalue weighted by Crippen LogP contribution is 2.37. The molecule has 0 bridgehead atoms. The molecule has 208 valence electrons. The van der Waals surface area contributed by atoms with E-state index < -0.39 is 41.2 Å². The number of benzene rings is 2. The molecule has 39 heavy (non-hydrogen) atoms. The molecule has 3 aromatic rings. The molecule has 0 radical (unpaired) electrons. The lowest BCUT2D eigenvalue weighted by Gasteiger charge is -2.38. The molecule has 1 aromatic heterocycles. The van der Waals surface area contributed by atoms with Crippen LogP contribution in [0.1, 0.15) is 30.0 Å². The molecule has 0 aliphatic carbocycles. The van der Waals surface area contributed by atoms with E-state index in [2.05, 4.69) is 10.1 Å². The first-order chi connectivity index (χ1) is 18.5. The summed E-state index contributed by atoms with van der Waals surface area (Å²) in [6, 6.07) is 7.90. The zero-order chi connectivity index (χ0) is 28.0. The van der Waals surface area contributed by atoms with E-state index in [-0.39, 0.29) is 18.0 Å². The predicted molar refractivity (Wildman–Crippen MR) is 133 cm³/mol. The van der Waals surface area contributed by atoms with E-state index in [9.17, 15) is 27.1 Å². The number of hydrogen-bond acceptors (Lipinski definition) is 5. The minimum absolute atomic E-state index is 0.0369. The van der Waals surface area contributed by atoms with Gasteiger partial charge in [0.25, 0.3) is 0 Å². The third-order valence-electron chi connectivity index (χ3n) is 6.67. The molecule has 2 unspecified atom stereocenters. The molecule has 1 N–H and O–H groups in total. The highest BCUT2D eigenvalue weighted by Gasteiger charge is 2.40. The summed E-state index contributed by atoms with van der Waals surface area (Å²) < 4.78 is 79.2. The van der Waals surface area contributed by atoms with Crippen molar-refractivity contribution in [3.05, 3.63) is 102 Å². The van der Waals surface area contributed by atoms with Crippen molar-refractivity contribution in [3.63, 3.8) is 0 Å². The first-order valence-electron chi connectivity index (χ1n) is 12.3. The van der Waals surface area contributed by atoms with Crippen LogP contribution in [-0.4, -0.2) is 39.4 Å². The second-order valence-corrected chi connectivity index (χ2v) is 9.54. The van der Waals surface area contributed by atoms with Crippen molar-refractivity contribution in [3.8, 4) is 0 Å². The Labute approximate surface area is 222 Å². The Kier molecular flexibility index (Phi) is 8.94. The fourth-order valence-corrected chi connectivity index (χ4v) is 4.51. The third-order valence-corrected chi connectivity index (χ3v) is 6.67. The SMILES string of the molecule is CC(CC1COC(C=CC=Cc2ccc(C(F)(F)F)cc2)OC1)C(O)(Cn1cncn1)c1ccc(F)cc1F. The van der Waals surface area contributed by atoms with Crippen molar-refractivity contribution in [1.82, 2.24) is 14.8 Å². The highest BCUT2D eigenvalue weighted by molar-refractivity contribution is 5.51. The number of ether oxygens (including phenoxy) is 2. The largest absolute Gasteiger partial charge is 0.416 e. The molecule has 0 spiro atoms. The number of allylic oxidation sites excluding steroid dienone is 2. The predicted octanol–water partition coefficient (Wildman–Crippen LogP) is 5.75. The van der Waals surface area contributed by atoms with Gasteiger partial charge in [0, 0.05) is 17.5 Å². The lowest BCUT2D eigenvalue weighted by molar-refractivity contribution is -0.181. The van der Waals surface area contributed by atoms with Crippen LogP contribution in [0.5, 0.6) is 0 Å². The van der Waals surface area contributed by atoms with Crippen LogP contribution in [0, 0.1) is 23.5 Å². The van der Waals surface area contributed by atoms with Crippen LogP contribution in [0.15, 0.2) is 73.3 Å².